The molecule has 2 aromatic rings. The molecule has 0 saturated carbocycles. The van der Waals surface area contributed by atoms with Crippen molar-refractivity contribution >= 4 is 23.3 Å². The first kappa shape index (κ1) is 9.18. The number of aromatic nitrogens is 1. The smallest absolute Gasteiger partial charge is 0.445 e. The zero-order valence-electron chi connectivity index (χ0n) is 7.52. The minimum absolute atomic E-state index is 0.545. The average molecular weight is 198 g/mol. The second-order valence-electron chi connectivity index (χ2n) is 3.37. The van der Waals surface area contributed by atoms with E-state index in [9.17, 15) is 12.9 Å². The monoisotopic (exact) mass is 198 g/mol. The molecule has 0 aliphatic heterocycles. The van der Waals surface area contributed by atoms with Crippen LogP contribution in [0, 0.1) is 6.92 Å². The molecule has 1 N–H and O–H groups in total. The van der Waals surface area contributed by atoms with Gasteiger partial charge in [0.1, 0.15) is 0 Å². The van der Waals surface area contributed by atoms with Gasteiger partial charge in [-0.1, -0.05) is 12.1 Å². The topological polar surface area (TPSA) is 15.8 Å². The van der Waals surface area contributed by atoms with Gasteiger partial charge in [-0.05, 0) is 24.4 Å². The summed E-state index contributed by atoms with van der Waals surface area (Å²) < 4.78 is 37.1. The van der Waals surface area contributed by atoms with Crippen LogP contribution in [-0.4, -0.2) is 12.0 Å². The lowest BCUT2D eigenvalue weighted by Crippen LogP contribution is -2.33. The summed E-state index contributed by atoms with van der Waals surface area (Å²) in [7, 11) is 0. The number of halogens is 3. The summed E-state index contributed by atoms with van der Waals surface area (Å²) in [6, 6.07) is 5.46. The van der Waals surface area contributed by atoms with E-state index >= 15 is 0 Å². The SMILES string of the molecule is Cc1cc2cc([B-](F)(F)F)ccc2[nH]1. The summed E-state index contributed by atoms with van der Waals surface area (Å²) >= 11 is 0. The van der Waals surface area contributed by atoms with E-state index in [0.717, 1.165) is 17.3 Å². The van der Waals surface area contributed by atoms with Crippen LogP contribution in [0.15, 0.2) is 24.3 Å². The molecular weight excluding hydrogens is 190 g/mol. The number of hydrogen-bond acceptors (Lipinski definition) is 0. The first-order valence-corrected chi connectivity index (χ1v) is 4.26. The summed E-state index contributed by atoms with van der Waals surface area (Å²) in [6.45, 7) is -3.07. The molecule has 74 valence electrons. The molecule has 14 heavy (non-hydrogen) atoms. The maximum absolute atomic E-state index is 12.4. The van der Waals surface area contributed by atoms with Crippen LogP contribution in [0.5, 0.6) is 0 Å². The Kier molecular flexibility index (Phi) is 1.84. The molecule has 1 aromatic heterocycles. The van der Waals surface area contributed by atoms with Gasteiger partial charge in [0.2, 0.25) is 0 Å². The van der Waals surface area contributed by atoms with Gasteiger partial charge in [-0.15, -0.1) is 5.46 Å². The van der Waals surface area contributed by atoms with Crippen LogP contribution in [0.3, 0.4) is 0 Å². The first-order chi connectivity index (χ1) is 6.47. The Balaban J connectivity index is 2.62. The van der Waals surface area contributed by atoms with Crippen LogP contribution >= 0.6 is 0 Å². The third-order valence-electron chi connectivity index (χ3n) is 2.16. The highest BCUT2D eigenvalue weighted by molar-refractivity contribution is 6.73. The minimum atomic E-state index is -4.89. The number of hydrogen-bond donors (Lipinski definition) is 1. The highest BCUT2D eigenvalue weighted by Gasteiger charge is 2.25. The maximum Gasteiger partial charge on any atom is 0.509 e. The lowest BCUT2D eigenvalue weighted by molar-refractivity contribution is 0.501. The number of aryl methyl sites for hydroxylation is 1. The van der Waals surface area contributed by atoms with Crippen molar-refractivity contribution in [3.63, 3.8) is 0 Å². The van der Waals surface area contributed by atoms with Crippen molar-refractivity contribution in [2.45, 2.75) is 6.92 Å². The van der Waals surface area contributed by atoms with E-state index in [1.54, 1.807) is 6.07 Å². The van der Waals surface area contributed by atoms with E-state index in [-0.39, 0.29) is 0 Å². The highest BCUT2D eigenvalue weighted by Crippen LogP contribution is 2.16. The molecule has 5 heteroatoms. The molecule has 0 bridgehead atoms. The van der Waals surface area contributed by atoms with Gasteiger partial charge in [0.15, 0.2) is 0 Å². The number of H-pyrrole nitrogens is 1. The molecule has 1 aromatic carbocycles. The zero-order chi connectivity index (χ0) is 10.3. The van der Waals surface area contributed by atoms with Gasteiger partial charge in [-0.25, -0.2) is 0 Å². The van der Waals surface area contributed by atoms with Crippen molar-refractivity contribution in [2.24, 2.45) is 0 Å². The van der Waals surface area contributed by atoms with Crippen LogP contribution in [0.25, 0.3) is 10.9 Å². The average Bonchev–Trinajstić information content (AvgIpc) is 2.41. The standard InChI is InChI=1S/C9H8BF3N/c1-6-4-7-5-8(10(11,12)13)2-3-9(7)14-6/h2-5,14H,1H3/q-1. The van der Waals surface area contributed by atoms with Gasteiger partial charge in [0.05, 0.1) is 0 Å². The molecule has 0 amide bonds. The second kappa shape index (κ2) is 2.80. The molecule has 1 heterocycles. The van der Waals surface area contributed by atoms with Crippen LogP contribution < -0.4 is 5.46 Å². The second-order valence-corrected chi connectivity index (χ2v) is 3.37. The van der Waals surface area contributed by atoms with Crippen LogP contribution in [-0.2, 0) is 0 Å². The van der Waals surface area contributed by atoms with Crippen LogP contribution in [0.2, 0.25) is 0 Å². The summed E-state index contributed by atoms with van der Waals surface area (Å²) in [6.07, 6.45) is 0. The van der Waals surface area contributed by atoms with Gasteiger partial charge in [0.25, 0.3) is 0 Å². The largest absolute Gasteiger partial charge is 0.509 e. The van der Waals surface area contributed by atoms with Crippen LogP contribution in [0.4, 0.5) is 12.9 Å². The van der Waals surface area contributed by atoms with Crippen LogP contribution in [0.1, 0.15) is 5.69 Å². The molecule has 0 aliphatic carbocycles. The molecule has 0 unspecified atom stereocenters. The Bertz CT molecular complexity index is 472. The fourth-order valence-electron chi connectivity index (χ4n) is 1.50. The number of benzene rings is 1. The Morgan fingerprint density at radius 2 is 1.86 bits per heavy atom. The maximum atomic E-state index is 12.4. The van der Waals surface area contributed by atoms with Crippen molar-refractivity contribution in [1.82, 2.24) is 4.98 Å². The lowest BCUT2D eigenvalue weighted by Gasteiger charge is -2.14. The van der Waals surface area contributed by atoms with Crippen molar-refractivity contribution < 1.29 is 12.9 Å². The molecule has 0 atom stereocenters. The number of fused-ring (bicyclic) bond motifs is 1. The van der Waals surface area contributed by atoms with Crippen molar-refractivity contribution in [3.05, 3.63) is 30.0 Å². The van der Waals surface area contributed by atoms with E-state index in [4.69, 9.17) is 0 Å². The summed E-state index contributed by atoms with van der Waals surface area (Å²) in [5, 5.41) is 0.610. The Labute approximate surface area is 79.0 Å². The highest BCUT2D eigenvalue weighted by atomic mass is 19.4. The molecule has 1 nitrogen and oxygen atoms in total. The molecule has 0 aliphatic rings. The quantitative estimate of drug-likeness (QED) is 0.677. The normalized spacial score (nSPS) is 12.3. The van der Waals surface area contributed by atoms with E-state index in [0.29, 0.717) is 5.39 Å². The van der Waals surface area contributed by atoms with Gasteiger partial charge in [0, 0.05) is 11.2 Å². The van der Waals surface area contributed by atoms with Crippen molar-refractivity contribution in [1.29, 1.82) is 0 Å². The third-order valence-corrected chi connectivity index (χ3v) is 2.16. The number of nitrogens with one attached hydrogen (secondary N) is 1. The fraction of sp³-hybridized carbons (Fsp3) is 0.111. The lowest BCUT2D eigenvalue weighted by atomic mass is 9.80. The van der Waals surface area contributed by atoms with E-state index < -0.39 is 12.4 Å². The fourth-order valence-corrected chi connectivity index (χ4v) is 1.50. The van der Waals surface area contributed by atoms with Gasteiger partial charge >= 0.3 is 6.98 Å². The third kappa shape index (κ3) is 1.50. The predicted octanol–water partition coefficient (Wildman–Crippen LogP) is 2.53. The molecule has 0 saturated heterocycles. The molecule has 0 fully saturated rings. The Morgan fingerprint density at radius 3 is 2.50 bits per heavy atom. The minimum Gasteiger partial charge on any atom is -0.445 e. The molecule has 0 spiro atoms. The van der Waals surface area contributed by atoms with Gasteiger partial charge < -0.3 is 17.9 Å². The molecular formula is C9H8BF3N-. The van der Waals surface area contributed by atoms with E-state index in [1.165, 1.54) is 12.1 Å². The first-order valence-electron chi connectivity index (χ1n) is 4.26. The number of aromatic amines is 1. The summed E-state index contributed by atoms with van der Waals surface area (Å²) in [5.74, 6) is 0. The van der Waals surface area contributed by atoms with E-state index in [1.807, 2.05) is 6.92 Å². The molecule has 0 radical (unpaired) electrons. The van der Waals surface area contributed by atoms with Gasteiger partial charge in [-0.3, -0.25) is 0 Å². The number of rotatable bonds is 1. The predicted molar refractivity (Wildman–Crippen MR) is 51.7 cm³/mol. The Morgan fingerprint density at radius 1 is 1.14 bits per heavy atom. The zero-order valence-corrected chi connectivity index (χ0v) is 7.52. The van der Waals surface area contributed by atoms with Crippen molar-refractivity contribution in [3.8, 4) is 0 Å². The van der Waals surface area contributed by atoms with E-state index in [2.05, 4.69) is 4.98 Å². The summed E-state index contributed by atoms with van der Waals surface area (Å²) in [5.41, 5.74) is 1.06. The summed E-state index contributed by atoms with van der Waals surface area (Å²) in [4.78, 5) is 2.98. The molecule has 2 rings (SSSR count). The Hall–Kier alpha value is -1.39. The van der Waals surface area contributed by atoms with Gasteiger partial charge in [-0.2, -0.15) is 0 Å². The van der Waals surface area contributed by atoms with Crippen molar-refractivity contribution in [2.75, 3.05) is 0 Å².